The second-order valence-electron chi connectivity index (χ2n) is 4.55. The summed E-state index contributed by atoms with van der Waals surface area (Å²) in [7, 11) is 0. The molecule has 0 aromatic heterocycles. The third-order valence-corrected chi connectivity index (χ3v) is 2.69. The number of amides is 2. The van der Waals surface area contributed by atoms with Crippen molar-refractivity contribution in [2.75, 3.05) is 11.1 Å². The Bertz CT molecular complexity index is 517. The molecule has 0 aliphatic carbocycles. The van der Waals surface area contributed by atoms with Gasteiger partial charge in [-0.05, 0) is 18.1 Å². The fourth-order valence-corrected chi connectivity index (χ4v) is 1.65. The zero-order valence-corrected chi connectivity index (χ0v) is 10.7. The van der Waals surface area contributed by atoms with Gasteiger partial charge in [0, 0.05) is 5.69 Å². The van der Waals surface area contributed by atoms with E-state index in [2.05, 4.69) is 5.32 Å². The first kappa shape index (κ1) is 14.7. The van der Waals surface area contributed by atoms with Gasteiger partial charge in [-0.15, -0.1) is 0 Å². The molecule has 0 radical (unpaired) electrons. The van der Waals surface area contributed by atoms with E-state index in [9.17, 15) is 14.0 Å². The normalized spacial score (nSPS) is 12.2. The van der Waals surface area contributed by atoms with E-state index >= 15 is 0 Å². The van der Waals surface area contributed by atoms with Crippen molar-refractivity contribution in [3.05, 3.63) is 23.5 Å². The molecular formula is C12H17FN4O2. The Morgan fingerprint density at radius 2 is 1.84 bits per heavy atom. The van der Waals surface area contributed by atoms with Crippen LogP contribution < -0.4 is 22.5 Å². The third kappa shape index (κ3) is 3.34. The largest absolute Gasteiger partial charge is 0.398 e. The molecule has 1 aromatic rings. The second-order valence-corrected chi connectivity index (χ2v) is 4.55. The van der Waals surface area contributed by atoms with Crippen molar-refractivity contribution in [3.8, 4) is 0 Å². The highest BCUT2D eigenvalue weighted by molar-refractivity contribution is 5.99. The standard InChI is InChI=1S/C12H17FN4O2/c1-5(2)10(12(16)19)17-9-3-6(11(15)18)8(14)4-7(9)13/h3-5,10,17H,14H2,1-2H3,(H2,15,18)(H2,16,19). The lowest BCUT2D eigenvalue weighted by Gasteiger charge is -2.21. The van der Waals surface area contributed by atoms with Gasteiger partial charge in [-0.3, -0.25) is 9.59 Å². The van der Waals surface area contributed by atoms with Gasteiger partial charge in [0.1, 0.15) is 11.9 Å². The van der Waals surface area contributed by atoms with Crippen LogP contribution in [0.5, 0.6) is 0 Å². The smallest absolute Gasteiger partial charge is 0.250 e. The number of halogens is 1. The summed E-state index contributed by atoms with van der Waals surface area (Å²) in [6, 6.07) is 1.38. The molecule has 0 spiro atoms. The summed E-state index contributed by atoms with van der Waals surface area (Å²) in [5.41, 5.74) is 15.7. The van der Waals surface area contributed by atoms with E-state index in [-0.39, 0.29) is 22.9 Å². The second kappa shape index (κ2) is 5.55. The lowest BCUT2D eigenvalue weighted by Crippen LogP contribution is -2.39. The molecule has 0 aliphatic heterocycles. The van der Waals surface area contributed by atoms with E-state index in [4.69, 9.17) is 17.2 Å². The summed E-state index contributed by atoms with van der Waals surface area (Å²) in [5.74, 6) is -2.23. The molecule has 0 fully saturated rings. The van der Waals surface area contributed by atoms with E-state index in [1.165, 1.54) is 6.07 Å². The molecule has 1 unspecified atom stereocenters. The molecule has 0 saturated heterocycles. The maximum atomic E-state index is 13.7. The number of benzene rings is 1. The Kier molecular flexibility index (Phi) is 4.31. The SMILES string of the molecule is CC(C)C(Nc1cc(C(N)=O)c(N)cc1F)C(N)=O. The molecule has 0 aliphatic rings. The fraction of sp³-hybridized carbons (Fsp3) is 0.333. The molecule has 0 bridgehead atoms. The molecule has 0 saturated carbocycles. The average molecular weight is 268 g/mol. The van der Waals surface area contributed by atoms with Gasteiger partial charge < -0.3 is 22.5 Å². The molecule has 1 atom stereocenters. The van der Waals surface area contributed by atoms with Gasteiger partial charge in [-0.2, -0.15) is 0 Å². The summed E-state index contributed by atoms with van der Waals surface area (Å²) in [6.45, 7) is 3.51. The van der Waals surface area contributed by atoms with E-state index in [0.717, 1.165) is 6.07 Å². The van der Waals surface area contributed by atoms with Gasteiger partial charge in [0.15, 0.2) is 0 Å². The van der Waals surface area contributed by atoms with Crippen LogP contribution in [0.4, 0.5) is 15.8 Å². The molecule has 1 aromatic carbocycles. The van der Waals surface area contributed by atoms with Crippen LogP contribution in [-0.4, -0.2) is 17.9 Å². The van der Waals surface area contributed by atoms with Crippen molar-refractivity contribution in [3.63, 3.8) is 0 Å². The first-order valence-electron chi connectivity index (χ1n) is 5.68. The van der Waals surface area contributed by atoms with E-state index in [1.807, 2.05) is 0 Å². The summed E-state index contributed by atoms with van der Waals surface area (Å²) < 4.78 is 13.7. The van der Waals surface area contributed by atoms with Crippen LogP contribution in [-0.2, 0) is 4.79 Å². The van der Waals surface area contributed by atoms with Crippen LogP contribution >= 0.6 is 0 Å². The highest BCUT2D eigenvalue weighted by Gasteiger charge is 2.21. The number of nitrogens with two attached hydrogens (primary N) is 3. The van der Waals surface area contributed by atoms with Crippen LogP contribution in [0.25, 0.3) is 0 Å². The molecule has 7 N–H and O–H groups in total. The number of carbonyl (C=O) groups is 2. The summed E-state index contributed by atoms with van der Waals surface area (Å²) >= 11 is 0. The van der Waals surface area contributed by atoms with Crippen molar-refractivity contribution in [1.82, 2.24) is 0 Å². The first-order valence-corrected chi connectivity index (χ1v) is 5.68. The predicted octanol–water partition coefficient (Wildman–Crippen LogP) is 0.429. The Balaban J connectivity index is 3.16. The topological polar surface area (TPSA) is 124 Å². The number of hydrogen-bond acceptors (Lipinski definition) is 4. The number of rotatable bonds is 5. The zero-order valence-electron chi connectivity index (χ0n) is 10.7. The van der Waals surface area contributed by atoms with Crippen molar-refractivity contribution in [2.24, 2.45) is 17.4 Å². The summed E-state index contributed by atoms with van der Waals surface area (Å²) in [6.07, 6.45) is 0. The van der Waals surface area contributed by atoms with Gasteiger partial charge in [0.2, 0.25) is 5.91 Å². The highest BCUT2D eigenvalue weighted by Crippen LogP contribution is 2.23. The minimum absolute atomic E-state index is 0.0177. The Hall–Kier alpha value is -2.31. The molecule has 6 nitrogen and oxygen atoms in total. The quantitative estimate of drug-likeness (QED) is 0.578. The van der Waals surface area contributed by atoms with E-state index < -0.39 is 23.7 Å². The van der Waals surface area contributed by atoms with Gasteiger partial charge in [0.25, 0.3) is 5.91 Å². The maximum Gasteiger partial charge on any atom is 0.250 e. The monoisotopic (exact) mass is 268 g/mol. The van der Waals surface area contributed by atoms with E-state index in [0.29, 0.717) is 0 Å². The number of primary amides is 2. The minimum atomic E-state index is -0.777. The van der Waals surface area contributed by atoms with Crippen LogP contribution in [0.3, 0.4) is 0 Å². The Labute approximate surface area is 110 Å². The van der Waals surface area contributed by atoms with Gasteiger partial charge >= 0.3 is 0 Å². The van der Waals surface area contributed by atoms with E-state index in [1.54, 1.807) is 13.8 Å². The number of carbonyl (C=O) groups excluding carboxylic acids is 2. The molecule has 2 amide bonds. The van der Waals surface area contributed by atoms with Crippen LogP contribution in [0.2, 0.25) is 0 Å². The highest BCUT2D eigenvalue weighted by atomic mass is 19.1. The van der Waals surface area contributed by atoms with Gasteiger partial charge in [-0.1, -0.05) is 13.8 Å². The minimum Gasteiger partial charge on any atom is -0.398 e. The zero-order chi connectivity index (χ0) is 14.7. The average Bonchev–Trinajstić information content (AvgIpc) is 2.26. The Morgan fingerprint density at radius 3 is 2.26 bits per heavy atom. The number of nitrogens with one attached hydrogen (secondary N) is 1. The molecule has 19 heavy (non-hydrogen) atoms. The predicted molar refractivity (Wildman–Crippen MR) is 70.8 cm³/mol. The van der Waals surface area contributed by atoms with Crippen LogP contribution in [0.1, 0.15) is 24.2 Å². The maximum absolute atomic E-state index is 13.7. The molecule has 1 rings (SSSR count). The molecule has 0 heterocycles. The number of nitrogen functional groups attached to an aromatic ring is 1. The first-order chi connectivity index (χ1) is 8.73. The van der Waals surface area contributed by atoms with Gasteiger partial charge in [-0.25, -0.2) is 4.39 Å². The summed E-state index contributed by atoms with van der Waals surface area (Å²) in [4.78, 5) is 22.4. The molecule has 104 valence electrons. The summed E-state index contributed by atoms with van der Waals surface area (Å²) in [5, 5.41) is 2.66. The molecular weight excluding hydrogens is 251 g/mol. The van der Waals surface area contributed by atoms with Crippen molar-refractivity contribution >= 4 is 23.2 Å². The van der Waals surface area contributed by atoms with Crippen molar-refractivity contribution < 1.29 is 14.0 Å². The number of anilines is 2. The fourth-order valence-electron chi connectivity index (χ4n) is 1.65. The molecule has 7 heteroatoms. The third-order valence-electron chi connectivity index (χ3n) is 2.69. The lowest BCUT2D eigenvalue weighted by molar-refractivity contribution is -0.119. The van der Waals surface area contributed by atoms with Crippen LogP contribution in [0.15, 0.2) is 12.1 Å². The van der Waals surface area contributed by atoms with Crippen molar-refractivity contribution in [2.45, 2.75) is 19.9 Å². The lowest BCUT2D eigenvalue weighted by atomic mass is 10.0. The van der Waals surface area contributed by atoms with Crippen molar-refractivity contribution in [1.29, 1.82) is 0 Å². The van der Waals surface area contributed by atoms with Crippen LogP contribution in [0, 0.1) is 11.7 Å². The number of hydrogen-bond donors (Lipinski definition) is 4. The Morgan fingerprint density at radius 1 is 1.26 bits per heavy atom. The van der Waals surface area contributed by atoms with Gasteiger partial charge in [0.05, 0.1) is 11.3 Å².